The van der Waals surface area contributed by atoms with E-state index in [1.165, 1.54) is 0 Å². The average Bonchev–Trinajstić information content (AvgIpc) is 2.09. The van der Waals surface area contributed by atoms with Gasteiger partial charge < -0.3 is 10.4 Å². The quantitative estimate of drug-likeness (QED) is 0.642. The van der Waals surface area contributed by atoms with Crippen molar-refractivity contribution in [3.05, 3.63) is 42.9 Å². The standard InChI is InChI=1S/C9H11NO/c1-10-9(7-11)8-5-3-2-4-6-8/h2-6,9,11H,1,7H2/q-1/t9-/m0/s1. The fraction of sp³-hybridized carbons (Fsp3) is 0.222. The molecule has 0 amide bonds. The van der Waals surface area contributed by atoms with Crippen molar-refractivity contribution in [2.45, 2.75) is 6.04 Å². The molecule has 0 spiro atoms. The molecular formula is C9H11NO-. The fourth-order valence-electron chi connectivity index (χ4n) is 0.944. The molecule has 0 saturated heterocycles. The summed E-state index contributed by atoms with van der Waals surface area (Å²) in [4.78, 5) is 0. The van der Waals surface area contributed by atoms with Crippen LogP contribution in [0.1, 0.15) is 11.6 Å². The first-order valence-corrected chi connectivity index (χ1v) is 3.50. The van der Waals surface area contributed by atoms with Crippen LogP contribution < -0.4 is 5.32 Å². The van der Waals surface area contributed by atoms with Crippen LogP contribution in [0.25, 0.3) is 0 Å². The first-order chi connectivity index (χ1) is 5.38. The van der Waals surface area contributed by atoms with Gasteiger partial charge >= 0.3 is 0 Å². The van der Waals surface area contributed by atoms with E-state index in [-0.39, 0.29) is 12.6 Å². The summed E-state index contributed by atoms with van der Waals surface area (Å²) in [5, 5.41) is 12.6. The lowest BCUT2D eigenvalue weighted by Crippen LogP contribution is -2.11. The maximum Gasteiger partial charge on any atom is 0.0614 e. The second-order valence-electron chi connectivity index (χ2n) is 2.29. The lowest BCUT2D eigenvalue weighted by Gasteiger charge is -2.15. The maximum atomic E-state index is 8.85. The number of nitrogens with zero attached hydrogens (tertiary/aromatic N) is 1. The van der Waals surface area contributed by atoms with E-state index in [0.717, 1.165) is 5.56 Å². The molecule has 1 aromatic carbocycles. The number of rotatable bonds is 3. The molecule has 1 radical (unpaired) electrons. The van der Waals surface area contributed by atoms with E-state index in [1.807, 2.05) is 30.3 Å². The summed E-state index contributed by atoms with van der Waals surface area (Å²) in [6, 6.07) is 9.45. The molecule has 2 nitrogen and oxygen atoms in total. The maximum absolute atomic E-state index is 8.85. The summed E-state index contributed by atoms with van der Waals surface area (Å²) in [6.07, 6.45) is 0. The normalized spacial score (nSPS) is 12.9. The molecule has 0 bridgehead atoms. The molecule has 0 aliphatic rings. The SMILES string of the molecule is [CH2-][N][C@@H](CO)c1ccccc1. The van der Waals surface area contributed by atoms with Crippen molar-refractivity contribution in [1.29, 1.82) is 0 Å². The minimum Gasteiger partial charge on any atom is -0.416 e. The predicted molar refractivity (Wildman–Crippen MR) is 43.8 cm³/mol. The van der Waals surface area contributed by atoms with Crippen LogP contribution >= 0.6 is 0 Å². The molecule has 0 aliphatic carbocycles. The van der Waals surface area contributed by atoms with Gasteiger partial charge in [0.2, 0.25) is 0 Å². The Labute approximate surface area is 66.9 Å². The van der Waals surface area contributed by atoms with Gasteiger partial charge in [-0.15, -0.1) is 0 Å². The molecule has 0 saturated carbocycles. The number of hydrogen-bond donors (Lipinski definition) is 1. The molecule has 0 aromatic heterocycles. The summed E-state index contributed by atoms with van der Waals surface area (Å²) < 4.78 is 0. The van der Waals surface area contributed by atoms with Gasteiger partial charge in [0.05, 0.1) is 6.61 Å². The second-order valence-corrected chi connectivity index (χ2v) is 2.29. The van der Waals surface area contributed by atoms with Crippen LogP contribution in [0.3, 0.4) is 0 Å². The van der Waals surface area contributed by atoms with E-state index in [2.05, 4.69) is 12.4 Å². The Balaban J connectivity index is 2.74. The summed E-state index contributed by atoms with van der Waals surface area (Å²) in [5.74, 6) is 0. The Hall–Kier alpha value is -0.860. The number of aliphatic hydroxyl groups is 1. The summed E-state index contributed by atoms with van der Waals surface area (Å²) in [7, 11) is 3.40. The average molecular weight is 149 g/mol. The van der Waals surface area contributed by atoms with E-state index in [4.69, 9.17) is 5.11 Å². The van der Waals surface area contributed by atoms with Gasteiger partial charge in [-0.25, -0.2) is 0 Å². The zero-order chi connectivity index (χ0) is 8.10. The zero-order valence-corrected chi connectivity index (χ0v) is 6.27. The van der Waals surface area contributed by atoms with E-state index >= 15 is 0 Å². The molecule has 0 unspecified atom stereocenters. The van der Waals surface area contributed by atoms with Gasteiger partial charge in [-0.2, -0.15) is 0 Å². The summed E-state index contributed by atoms with van der Waals surface area (Å²) in [6.45, 7) is 0.0213. The van der Waals surface area contributed by atoms with Gasteiger partial charge in [0.15, 0.2) is 0 Å². The van der Waals surface area contributed by atoms with Crippen molar-refractivity contribution in [2.75, 3.05) is 6.61 Å². The lowest BCUT2D eigenvalue weighted by molar-refractivity contribution is 0.252. The van der Waals surface area contributed by atoms with Crippen LogP contribution in [0.4, 0.5) is 0 Å². The van der Waals surface area contributed by atoms with E-state index < -0.39 is 0 Å². The monoisotopic (exact) mass is 149 g/mol. The Kier molecular flexibility index (Phi) is 3.08. The smallest absolute Gasteiger partial charge is 0.0614 e. The van der Waals surface area contributed by atoms with Gasteiger partial charge in [-0.3, -0.25) is 7.05 Å². The number of aliphatic hydroxyl groups excluding tert-OH is 1. The molecule has 2 heteroatoms. The predicted octanol–water partition coefficient (Wildman–Crippen LogP) is 1.12. The Morgan fingerprint density at radius 2 is 2.00 bits per heavy atom. The van der Waals surface area contributed by atoms with Crippen molar-refractivity contribution in [3.8, 4) is 0 Å². The highest BCUT2D eigenvalue weighted by Gasteiger charge is 2.02. The van der Waals surface area contributed by atoms with E-state index in [0.29, 0.717) is 0 Å². The molecule has 0 fully saturated rings. The van der Waals surface area contributed by atoms with Crippen LogP contribution in [0.5, 0.6) is 0 Å². The van der Waals surface area contributed by atoms with E-state index in [1.54, 1.807) is 0 Å². The largest absolute Gasteiger partial charge is 0.416 e. The molecule has 1 N–H and O–H groups in total. The van der Waals surface area contributed by atoms with Crippen molar-refractivity contribution in [3.63, 3.8) is 0 Å². The van der Waals surface area contributed by atoms with E-state index in [9.17, 15) is 0 Å². The van der Waals surface area contributed by atoms with Crippen LogP contribution in [-0.4, -0.2) is 11.7 Å². The molecule has 0 heterocycles. The van der Waals surface area contributed by atoms with Crippen molar-refractivity contribution >= 4 is 0 Å². The van der Waals surface area contributed by atoms with Crippen molar-refractivity contribution in [2.24, 2.45) is 0 Å². The highest BCUT2D eigenvalue weighted by Crippen LogP contribution is 2.11. The van der Waals surface area contributed by atoms with Gasteiger partial charge in [0.25, 0.3) is 0 Å². The van der Waals surface area contributed by atoms with Gasteiger partial charge in [-0.05, 0) is 5.56 Å². The van der Waals surface area contributed by atoms with Crippen molar-refractivity contribution in [1.82, 2.24) is 5.32 Å². The highest BCUT2D eigenvalue weighted by atomic mass is 16.3. The van der Waals surface area contributed by atoms with Gasteiger partial charge in [-0.1, -0.05) is 30.3 Å². The molecule has 1 rings (SSSR count). The van der Waals surface area contributed by atoms with Crippen LogP contribution in [0, 0.1) is 7.05 Å². The third-order valence-corrected chi connectivity index (χ3v) is 1.58. The minimum absolute atomic E-state index is 0.0213. The molecule has 11 heavy (non-hydrogen) atoms. The fourth-order valence-corrected chi connectivity index (χ4v) is 0.944. The minimum atomic E-state index is -0.170. The Bertz CT molecular complexity index is 194. The van der Waals surface area contributed by atoms with Gasteiger partial charge in [0, 0.05) is 6.04 Å². The van der Waals surface area contributed by atoms with Crippen LogP contribution in [0.15, 0.2) is 30.3 Å². The van der Waals surface area contributed by atoms with Crippen LogP contribution in [0.2, 0.25) is 0 Å². The lowest BCUT2D eigenvalue weighted by atomic mass is 10.1. The third-order valence-electron chi connectivity index (χ3n) is 1.58. The first kappa shape index (κ1) is 8.24. The third kappa shape index (κ3) is 2.03. The molecule has 1 aromatic rings. The van der Waals surface area contributed by atoms with Crippen LogP contribution in [-0.2, 0) is 0 Å². The Morgan fingerprint density at radius 1 is 1.36 bits per heavy atom. The molecule has 1 atom stereocenters. The topological polar surface area (TPSA) is 34.3 Å². The Morgan fingerprint density at radius 3 is 2.45 bits per heavy atom. The first-order valence-electron chi connectivity index (χ1n) is 3.50. The number of benzene rings is 1. The second kappa shape index (κ2) is 4.11. The zero-order valence-electron chi connectivity index (χ0n) is 6.27. The van der Waals surface area contributed by atoms with Gasteiger partial charge in [0.1, 0.15) is 0 Å². The summed E-state index contributed by atoms with van der Waals surface area (Å²) in [5.41, 5.74) is 1.00. The molecular weight excluding hydrogens is 138 g/mol. The highest BCUT2D eigenvalue weighted by molar-refractivity contribution is 5.18. The number of hydrogen-bond acceptors (Lipinski definition) is 1. The molecule has 59 valence electrons. The van der Waals surface area contributed by atoms with Crippen molar-refractivity contribution < 1.29 is 5.11 Å². The summed E-state index contributed by atoms with van der Waals surface area (Å²) >= 11 is 0. The molecule has 0 aliphatic heterocycles.